The number of amides is 1. The maximum absolute atomic E-state index is 12.3. The molecule has 1 amide bonds. The highest BCUT2D eigenvalue weighted by Crippen LogP contribution is 2.44. The lowest BCUT2D eigenvalue weighted by atomic mass is 9.97. The SMILES string of the molecule is O=C(NC1C(O)OC(CO)C(O)C1O)OCC1c2ccccc2-c2ccccc21. The summed E-state index contributed by atoms with van der Waals surface area (Å²) in [5, 5.41) is 41.5. The number of hydrogen-bond acceptors (Lipinski definition) is 7. The lowest BCUT2D eigenvalue weighted by molar-refractivity contribution is -0.253. The highest BCUT2D eigenvalue weighted by Gasteiger charge is 2.44. The fourth-order valence-corrected chi connectivity index (χ4v) is 4.03. The van der Waals surface area contributed by atoms with Crippen LogP contribution in [-0.2, 0) is 9.47 Å². The largest absolute Gasteiger partial charge is 0.449 e. The van der Waals surface area contributed by atoms with E-state index >= 15 is 0 Å². The van der Waals surface area contributed by atoms with Crippen molar-refractivity contribution in [1.29, 1.82) is 0 Å². The molecule has 154 valence electrons. The van der Waals surface area contributed by atoms with E-state index in [4.69, 9.17) is 14.6 Å². The molecule has 1 aliphatic carbocycles. The summed E-state index contributed by atoms with van der Waals surface area (Å²) in [4.78, 5) is 12.3. The number of ether oxygens (including phenoxy) is 2. The monoisotopic (exact) mass is 401 g/mol. The number of aliphatic hydroxyl groups excluding tert-OH is 4. The molecule has 0 radical (unpaired) electrons. The molecule has 29 heavy (non-hydrogen) atoms. The van der Waals surface area contributed by atoms with Crippen LogP contribution in [0.15, 0.2) is 48.5 Å². The smallest absolute Gasteiger partial charge is 0.407 e. The molecule has 2 aliphatic rings. The van der Waals surface area contributed by atoms with Gasteiger partial charge in [-0.25, -0.2) is 4.79 Å². The Morgan fingerprint density at radius 3 is 2.14 bits per heavy atom. The van der Waals surface area contributed by atoms with E-state index in [0.29, 0.717) is 0 Å². The molecule has 5 unspecified atom stereocenters. The molecule has 4 rings (SSSR count). The van der Waals surface area contributed by atoms with Gasteiger partial charge in [-0.15, -0.1) is 0 Å². The van der Waals surface area contributed by atoms with Crippen molar-refractivity contribution in [3.05, 3.63) is 59.7 Å². The number of rotatable bonds is 4. The molecule has 8 heteroatoms. The Morgan fingerprint density at radius 1 is 0.966 bits per heavy atom. The molecule has 1 fully saturated rings. The van der Waals surface area contributed by atoms with E-state index < -0.39 is 43.3 Å². The number of carbonyl (C=O) groups is 1. The van der Waals surface area contributed by atoms with Gasteiger partial charge in [0.15, 0.2) is 6.29 Å². The fourth-order valence-electron chi connectivity index (χ4n) is 4.03. The van der Waals surface area contributed by atoms with Crippen LogP contribution in [0.25, 0.3) is 11.1 Å². The predicted molar refractivity (Wildman–Crippen MR) is 102 cm³/mol. The van der Waals surface area contributed by atoms with Crippen LogP contribution in [0.1, 0.15) is 17.0 Å². The summed E-state index contributed by atoms with van der Waals surface area (Å²) in [5.74, 6) is -0.130. The van der Waals surface area contributed by atoms with Gasteiger partial charge < -0.3 is 35.2 Å². The Bertz CT molecular complexity index is 843. The Hall–Kier alpha value is -2.49. The summed E-state index contributed by atoms with van der Waals surface area (Å²) >= 11 is 0. The highest BCUT2D eigenvalue weighted by atomic mass is 16.6. The minimum atomic E-state index is -1.59. The topological polar surface area (TPSA) is 128 Å². The zero-order valence-corrected chi connectivity index (χ0v) is 15.5. The summed E-state index contributed by atoms with van der Waals surface area (Å²) in [6.45, 7) is -0.506. The van der Waals surface area contributed by atoms with Gasteiger partial charge in [0, 0.05) is 5.92 Å². The molecule has 2 aromatic carbocycles. The molecule has 1 aliphatic heterocycles. The maximum atomic E-state index is 12.3. The normalized spacial score (nSPS) is 28.5. The third kappa shape index (κ3) is 3.61. The van der Waals surface area contributed by atoms with Gasteiger partial charge in [0.05, 0.1) is 6.61 Å². The van der Waals surface area contributed by atoms with Gasteiger partial charge in [0.25, 0.3) is 0 Å². The molecule has 0 spiro atoms. The second kappa shape index (κ2) is 8.10. The Balaban J connectivity index is 1.43. The van der Waals surface area contributed by atoms with Gasteiger partial charge in [-0.2, -0.15) is 0 Å². The molecule has 1 heterocycles. The minimum Gasteiger partial charge on any atom is -0.449 e. The first-order chi connectivity index (χ1) is 14.0. The van der Waals surface area contributed by atoms with Crippen molar-refractivity contribution in [2.75, 3.05) is 13.2 Å². The average Bonchev–Trinajstić information content (AvgIpc) is 3.06. The van der Waals surface area contributed by atoms with Gasteiger partial charge in [-0.05, 0) is 22.3 Å². The first kappa shape index (κ1) is 19.8. The molecule has 0 aromatic heterocycles. The van der Waals surface area contributed by atoms with Crippen LogP contribution < -0.4 is 5.32 Å². The van der Waals surface area contributed by atoms with Gasteiger partial charge in [-0.3, -0.25) is 0 Å². The van der Waals surface area contributed by atoms with Crippen LogP contribution in [0, 0.1) is 0 Å². The third-order valence-corrected chi connectivity index (χ3v) is 5.53. The molecule has 8 nitrogen and oxygen atoms in total. The van der Waals surface area contributed by atoms with Crippen molar-refractivity contribution < 1.29 is 34.7 Å². The van der Waals surface area contributed by atoms with E-state index in [9.17, 15) is 20.1 Å². The van der Waals surface area contributed by atoms with Crippen molar-refractivity contribution in [2.24, 2.45) is 0 Å². The number of benzene rings is 2. The van der Waals surface area contributed by atoms with Gasteiger partial charge in [0.1, 0.15) is 31.0 Å². The summed E-state index contributed by atoms with van der Waals surface area (Å²) in [5.41, 5.74) is 4.32. The van der Waals surface area contributed by atoms with Gasteiger partial charge in [0.2, 0.25) is 0 Å². The summed E-state index contributed by atoms with van der Waals surface area (Å²) in [7, 11) is 0. The van der Waals surface area contributed by atoms with E-state index in [0.717, 1.165) is 22.3 Å². The van der Waals surface area contributed by atoms with E-state index in [-0.39, 0.29) is 12.5 Å². The number of hydrogen-bond donors (Lipinski definition) is 5. The molecular weight excluding hydrogens is 378 g/mol. The second-order valence-electron chi connectivity index (χ2n) is 7.22. The third-order valence-electron chi connectivity index (χ3n) is 5.53. The highest BCUT2D eigenvalue weighted by molar-refractivity contribution is 5.79. The van der Waals surface area contributed by atoms with Gasteiger partial charge >= 0.3 is 6.09 Å². The molecular formula is C21H23NO7. The standard InChI is InChI=1S/C21H23NO7/c23-9-16-18(24)19(25)17(20(26)29-16)22-21(27)28-10-15-13-7-3-1-5-11(13)12-6-2-4-8-14(12)15/h1-8,15-20,23-26H,9-10H2,(H,22,27). The minimum absolute atomic E-state index is 0.0709. The van der Waals surface area contributed by atoms with Crippen LogP contribution in [0.5, 0.6) is 0 Å². The van der Waals surface area contributed by atoms with E-state index in [1.54, 1.807) is 0 Å². The summed E-state index contributed by atoms with van der Waals surface area (Å²) < 4.78 is 10.4. The second-order valence-corrected chi connectivity index (χ2v) is 7.22. The van der Waals surface area contributed by atoms with Crippen LogP contribution >= 0.6 is 0 Å². The van der Waals surface area contributed by atoms with Crippen molar-refractivity contribution >= 4 is 6.09 Å². The van der Waals surface area contributed by atoms with Gasteiger partial charge in [-0.1, -0.05) is 48.5 Å². The average molecular weight is 401 g/mol. The number of alkyl carbamates (subject to hydrolysis) is 1. The van der Waals surface area contributed by atoms with Crippen molar-refractivity contribution in [3.63, 3.8) is 0 Å². The van der Waals surface area contributed by atoms with Crippen LogP contribution in [0.2, 0.25) is 0 Å². The summed E-state index contributed by atoms with van der Waals surface area (Å²) in [6.07, 6.45) is -6.56. The molecule has 0 saturated carbocycles. The lowest BCUT2D eigenvalue weighted by Gasteiger charge is -2.40. The Kier molecular flexibility index (Phi) is 5.53. The summed E-state index contributed by atoms with van der Waals surface area (Å²) in [6, 6.07) is 14.5. The van der Waals surface area contributed by atoms with Crippen molar-refractivity contribution in [3.8, 4) is 11.1 Å². The fraction of sp³-hybridized carbons (Fsp3) is 0.381. The number of nitrogens with one attached hydrogen (secondary N) is 1. The van der Waals surface area contributed by atoms with Crippen LogP contribution in [0.3, 0.4) is 0 Å². The molecule has 5 atom stereocenters. The van der Waals surface area contributed by atoms with E-state index in [2.05, 4.69) is 5.32 Å². The first-order valence-electron chi connectivity index (χ1n) is 9.43. The first-order valence-corrected chi connectivity index (χ1v) is 9.43. The van der Waals surface area contributed by atoms with Crippen LogP contribution in [-0.4, -0.2) is 70.4 Å². The number of fused-ring (bicyclic) bond motifs is 3. The lowest BCUT2D eigenvalue weighted by Crippen LogP contribution is -2.64. The zero-order valence-electron chi connectivity index (χ0n) is 15.5. The number of carbonyl (C=O) groups excluding carboxylic acids is 1. The van der Waals surface area contributed by atoms with E-state index in [1.165, 1.54) is 0 Å². The predicted octanol–water partition coefficient (Wildman–Crippen LogP) is 0.325. The van der Waals surface area contributed by atoms with Crippen molar-refractivity contribution in [2.45, 2.75) is 36.6 Å². The maximum Gasteiger partial charge on any atom is 0.407 e. The molecule has 2 aromatic rings. The van der Waals surface area contributed by atoms with E-state index in [1.807, 2.05) is 48.5 Å². The molecule has 1 saturated heterocycles. The Morgan fingerprint density at radius 2 is 1.55 bits per heavy atom. The zero-order chi connectivity index (χ0) is 20.5. The number of aliphatic hydroxyl groups is 4. The van der Waals surface area contributed by atoms with Crippen LogP contribution in [0.4, 0.5) is 4.79 Å². The quantitative estimate of drug-likeness (QED) is 0.499. The van der Waals surface area contributed by atoms with Crippen molar-refractivity contribution in [1.82, 2.24) is 5.32 Å². The molecule has 5 N–H and O–H groups in total. The Labute approximate surface area is 167 Å². The molecule has 0 bridgehead atoms.